The molecule has 2 aromatic carbocycles. The highest BCUT2D eigenvalue weighted by atomic mass is 79.9. The average Bonchev–Trinajstić information content (AvgIpc) is 3.05. The molecule has 4 nitrogen and oxygen atoms in total. The number of thiazole rings is 1. The number of nitrogens with one attached hydrogen (secondary N) is 2. The van der Waals surface area contributed by atoms with Crippen molar-refractivity contribution in [1.29, 1.82) is 0 Å². The van der Waals surface area contributed by atoms with Crippen molar-refractivity contribution in [3.05, 3.63) is 74.7 Å². The summed E-state index contributed by atoms with van der Waals surface area (Å²) < 4.78 is 1.06. The number of hydrogen-bond acceptors (Lipinski definition) is 4. The predicted octanol–water partition coefficient (Wildman–Crippen LogP) is 5.16. The number of nitrogens with zero attached hydrogens (tertiary/aromatic N) is 1. The maximum atomic E-state index is 12.1. The van der Waals surface area contributed by atoms with Gasteiger partial charge < -0.3 is 10.6 Å². The van der Waals surface area contributed by atoms with E-state index in [2.05, 4.69) is 57.5 Å². The first-order chi connectivity index (χ1) is 12.5. The van der Waals surface area contributed by atoms with Crippen molar-refractivity contribution >= 4 is 44.0 Å². The molecule has 0 bridgehead atoms. The number of aromatic nitrogens is 1. The number of hydrogen-bond donors (Lipinski definition) is 2. The maximum absolute atomic E-state index is 12.1. The lowest BCUT2D eigenvalue weighted by Crippen LogP contribution is -2.21. The zero-order valence-corrected chi connectivity index (χ0v) is 17.1. The molecule has 0 saturated carbocycles. The molecule has 3 aromatic rings. The summed E-state index contributed by atoms with van der Waals surface area (Å²) in [6, 6.07) is 14.3. The number of anilines is 2. The number of aryl methyl sites for hydroxylation is 2. The first kappa shape index (κ1) is 18.6. The van der Waals surface area contributed by atoms with Crippen LogP contribution in [0.4, 0.5) is 10.8 Å². The minimum atomic E-state index is -0.104. The van der Waals surface area contributed by atoms with Crippen molar-refractivity contribution in [1.82, 2.24) is 4.98 Å². The normalized spacial score (nSPS) is 10.6. The third kappa shape index (κ3) is 5.16. The standard InChI is InChI=1S/C20H20BrN3OS/c1-13-3-8-17(9-14(13)2)22-12-19(25)24-20-23-11-18(26-20)10-15-4-6-16(21)7-5-15/h3-9,11,22H,10,12H2,1-2H3,(H,23,24,25). The first-order valence-corrected chi connectivity index (χ1v) is 9.90. The Morgan fingerprint density at radius 2 is 1.88 bits per heavy atom. The lowest BCUT2D eigenvalue weighted by molar-refractivity contribution is -0.114. The van der Waals surface area contributed by atoms with E-state index in [9.17, 15) is 4.79 Å². The zero-order valence-electron chi connectivity index (χ0n) is 14.7. The number of halogens is 1. The third-order valence-electron chi connectivity index (χ3n) is 4.05. The fraction of sp³-hybridized carbons (Fsp3) is 0.200. The van der Waals surface area contributed by atoms with Gasteiger partial charge in [0.05, 0.1) is 6.54 Å². The lowest BCUT2D eigenvalue weighted by atomic mass is 10.1. The van der Waals surface area contributed by atoms with Crippen LogP contribution in [0, 0.1) is 13.8 Å². The zero-order chi connectivity index (χ0) is 18.5. The summed E-state index contributed by atoms with van der Waals surface area (Å²) >= 11 is 4.94. The molecule has 0 saturated heterocycles. The number of carbonyl (C=O) groups is 1. The smallest absolute Gasteiger partial charge is 0.245 e. The molecule has 26 heavy (non-hydrogen) atoms. The third-order valence-corrected chi connectivity index (χ3v) is 5.49. The highest BCUT2D eigenvalue weighted by Gasteiger charge is 2.08. The topological polar surface area (TPSA) is 54.0 Å². The Hall–Kier alpha value is -2.18. The van der Waals surface area contributed by atoms with Crippen LogP contribution >= 0.6 is 27.3 Å². The van der Waals surface area contributed by atoms with E-state index in [4.69, 9.17) is 0 Å². The van der Waals surface area contributed by atoms with Crippen LogP contribution in [0.5, 0.6) is 0 Å². The molecule has 134 valence electrons. The molecule has 0 spiro atoms. The van der Waals surface area contributed by atoms with Gasteiger partial charge >= 0.3 is 0 Å². The number of rotatable bonds is 6. The van der Waals surface area contributed by atoms with Crippen LogP contribution < -0.4 is 10.6 Å². The van der Waals surface area contributed by atoms with Gasteiger partial charge in [-0.3, -0.25) is 4.79 Å². The predicted molar refractivity (Wildman–Crippen MR) is 112 cm³/mol. The quantitative estimate of drug-likeness (QED) is 0.568. The first-order valence-electron chi connectivity index (χ1n) is 8.30. The van der Waals surface area contributed by atoms with Crippen molar-refractivity contribution in [3.8, 4) is 0 Å². The second-order valence-electron chi connectivity index (χ2n) is 6.14. The summed E-state index contributed by atoms with van der Waals surface area (Å²) in [5.74, 6) is -0.104. The fourth-order valence-corrected chi connectivity index (χ4v) is 3.57. The molecule has 0 radical (unpaired) electrons. The maximum Gasteiger partial charge on any atom is 0.245 e. The summed E-state index contributed by atoms with van der Waals surface area (Å²) in [6.45, 7) is 4.34. The minimum absolute atomic E-state index is 0.104. The van der Waals surface area contributed by atoms with Gasteiger partial charge in [0.1, 0.15) is 0 Å². The van der Waals surface area contributed by atoms with Crippen LogP contribution in [-0.2, 0) is 11.2 Å². The molecule has 1 heterocycles. The fourth-order valence-electron chi connectivity index (χ4n) is 2.45. The van der Waals surface area contributed by atoms with Crippen LogP contribution in [-0.4, -0.2) is 17.4 Å². The van der Waals surface area contributed by atoms with E-state index in [1.165, 1.54) is 28.0 Å². The van der Waals surface area contributed by atoms with Gasteiger partial charge in [-0.25, -0.2) is 4.98 Å². The second kappa shape index (κ2) is 8.47. The summed E-state index contributed by atoms with van der Waals surface area (Å²) in [5, 5.41) is 6.63. The van der Waals surface area contributed by atoms with E-state index >= 15 is 0 Å². The van der Waals surface area contributed by atoms with Gasteiger partial charge in [0.2, 0.25) is 5.91 Å². The van der Waals surface area contributed by atoms with E-state index in [1.54, 1.807) is 0 Å². The molecule has 0 aliphatic rings. The monoisotopic (exact) mass is 429 g/mol. The van der Waals surface area contributed by atoms with Gasteiger partial charge in [0.15, 0.2) is 5.13 Å². The Kier molecular flexibility index (Phi) is 6.06. The Bertz CT molecular complexity index is 906. The van der Waals surface area contributed by atoms with Gasteiger partial charge in [-0.1, -0.05) is 34.1 Å². The molecular formula is C20H20BrN3OS. The molecule has 0 fully saturated rings. The van der Waals surface area contributed by atoms with Crippen molar-refractivity contribution in [2.24, 2.45) is 0 Å². The summed E-state index contributed by atoms with van der Waals surface area (Å²) in [4.78, 5) is 17.5. The average molecular weight is 430 g/mol. The van der Waals surface area contributed by atoms with Gasteiger partial charge in [-0.2, -0.15) is 0 Å². The van der Waals surface area contributed by atoms with E-state index in [1.807, 2.05) is 36.5 Å². The molecule has 0 unspecified atom stereocenters. The van der Waals surface area contributed by atoms with Crippen LogP contribution in [0.25, 0.3) is 0 Å². The van der Waals surface area contributed by atoms with E-state index < -0.39 is 0 Å². The van der Waals surface area contributed by atoms with Gasteiger partial charge in [-0.15, -0.1) is 11.3 Å². The SMILES string of the molecule is Cc1ccc(NCC(=O)Nc2ncc(Cc3ccc(Br)cc3)s2)cc1C. The summed E-state index contributed by atoms with van der Waals surface area (Å²) in [7, 11) is 0. The van der Waals surface area contributed by atoms with E-state index in [0.717, 1.165) is 21.5 Å². The van der Waals surface area contributed by atoms with Crippen LogP contribution in [0.2, 0.25) is 0 Å². The Balaban J connectivity index is 1.52. The Labute approximate surface area is 165 Å². The molecule has 3 rings (SSSR count). The van der Waals surface area contributed by atoms with Crippen LogP contribution in [0.3, 0.4) is 0 Å². The summed E-state index contributed by atoms with van der Waals surface area (Å²) in [5.41, 5.74) is 4.60. The lowest BCUT2D eigenvalue weighted by Gasteiger charge is -2.08. The molecule has 0 aliphatic carbocycles. The van der Waals surface area contributed by atoms with Crippen molar-refractivity contribution < 1.29 is 4.79 Å². The highest BCUT2D eigenvalue weighted by Crippen LogP contribution is 2.22. The Morgan fingerprint density at radius 1 is 1.12 bits per heavy atom. The molecule has 2 N–H and O–H groups in total. The number of amides is 1. The van der Waals surface area contributed by atoms with Crippen molar-refractivity contribution in [2.75, 3.05) is 17.2 Å². The van der Waals surface area contributed by atoms with Crippen LogP contribution in [0.1, 0.15) is 21.6 Å². The van der Waals surface area contributed by atoms with Gasteiger partial charge in [0, 0.05) is 27.7 Å². The largest absolute Gasteiger partial charge is 0.376 e. The van der Waals surface area contributed by atoms with Gasteiger partial charge in [0.25, 0.3) is 0 Å². The Morgan fingerprint density at radius 3 is 2.62 bits per heavy atom. The molecular weight excluding hydrogens is 410 g/mol. The van der Waals surface area contributed by atoms with Gasteiger partial charge in [-0.05, 0) is 54.8 Å². The molecule has 1 aromatic heterocycles. The number of benzene rings is 2. The van der Waals surface area contributed by atoms with Crippen molar-refractivity contribution in [2.45, 2.75) is 20.3 Å². The van der Waals surface area contributed by atoms with E-state index in [0.29, 0.717) is 5.13 Å². The molecule has 0 atom stereocenters. The minimum Gasteiger partial charge on any atom is -0.376 e. The molecule has 1 amide bonds. The van der Waals surface area contributed by atoms with E-state index in [-0.39, 0.29) is 12.5 Å². The molecule has 6 heteroatoms. The second-order valence-corrected chi connectivity index (χ2v) is 8.17. The highest BCUT2D eigenvalue weighted by molar-refractivity contribution is 9.10. The van der Waals surface area contributed by atoms with Crippen LogP contribution in [0.15, 0.2) is 53.1 Å². The molecule has 0 aliphatic heterocycles. The van der Waals surface area contributed by atoms with Crippen molar-refractivity contribution in [3.63, 3.8) is 0 Å². The summed E-state index contributed by atoms with van der Waals surface area (Å²) in [6.07, 6.45) is 2.63. The number of carbonyl (C=O) groups excluding carboxylic acids is 1.